The Morgan fingerprint density at radius 1 is 1.19 bits per heavy atom. The third kappa shape index (κ3) is 3.91. The molecule has 0 aliphatic carbocycles. The van der Waals surface area contributed by atoms with Crippen LogP contribution in [0.3, 0.4) is 0 Å². The van der Waals surface area contributed by atoms with Gasteiger partial charge >= 0.3 is 5.97 Å². The molecule has 21 heavy (non-hydrogen) atoms. The van der Waals surface area contributed by atoms with Gasteiger partial charge in [-0.15, -0.1) is 0 Å². The highest BCUT2D eigenvalue weighted by atomic mass is 16.5. The predicted octanol–water partition coefficient (Wildman–Crippen LogP) is 2.83. The van der Waals surface area contributed by atoms with Gasteiger partial charge in [0.1, 0.15) is 6.04 Å². The molecule has 4 heteroatoms. The van der Waals surface area contributed by atoms with Crippen LogP contribution in [-0.4, -0.2) is 13.1 Å². The van der Waals surface area contributed by atoms with Crippen LogP contribution in [0.1, 0.15) is 27.5 Å². The first-order valence-electron chi connectivity index (χ1n) is 6.60. The van der Waals surface area contributed by atoms with Gasteiger partial charge in [0.15, 0.2) is 0 Å². The number of benzene rings is 2. The van der Waals surface area contributed by atoms with Gasteiger partial charge in [0, 0.05) is 6.54 Å². The zero-order chi connectivity index (χ0) is 15.1. The smallest absolute Gasteiger partial charge is 0.337 e. The Bertz CT molecular complexity index is 630. The lowest BCUT2D eigenvalue weighted by molar-refractivity contribution is 0.0600. The molecule has 0 amide bonds. The number of methoxy groups -OCH3 is 1. The van der Waals surface area contributed by atoms with Gasteiger partial charge in [0.05, 0.1) is 18.7 Å². The number of ether oxygens (including phenoxy) is 1. The fraction of sp³-hybridized carbons (Fsp3) is 0.176. The largest absolute Gasteiger partial charge is 0.465 e. The summed E-state index contributed by atoms with van der Waals surface area (Å²) >= 11 is 0. The van der Waals surface area contributed by atoms with Crippen LogP contribution in [0.5, 0.6) is 0 Å². The fourth-order valence-electron chi connectivity index (χ4n) is 1.98. The summed E-state index contributed by atoms with van der Waals surface area (Å²) in [4.78, 5) is 11.4. The van der Waals surface area contributed by atoms with E-state index in [0.29, 0.717) is 12.1 Å². The van der Waals surface area contributed by atoms with Crippen molar-refractivity contribution in [3.8, 4) is 6.07 Å². The van der Waals surface area contributed by atoms with E-state index >= 15 is 0 Å². The first-order valence-corrected chi connectivity index (χ1v) is 6.60. The monoisotopic (exact) mass is 280 g/mol. The van der Waals surface area contributed by atoms with Crippen molar-refractivity contribution in [3.05, 3.63) is 71.3 Å². The molecule has 0 fully saturated rings. The van der Waals surface area contributed by atoms with Crippen LogP contribution in [0.15, 0.2) is 54.6 Å². The van der Waals surface area contributed by atoms with Crippen molar-refractivity contribution in [1.29, 1.82) is 5.26 Å². The Labute approximate surface area is 124 Å². The second-order valence-electron chi connectivity index (χ2n) is 4.54. The first-order chi connectivity index (χ1) is 10.2. The summed E-state index contributed by atoms with van der Waals surface area (Å²) in [5.41, 5.74) is 2.41. The Hall–Kier alpha value is -2.64. The Morgan fingerprint density at radius 2 is 1.86 bits per heavy atom. The standard InChI is InChI=1S/C17H16N2O2/c1-21-17(20)15-9-7-14(8-10-15)16(11-18)19-12-13-5-3-2-4-6-13/h2-10,16,19H,12H2,1H3. The molecule has 1 unspecified atom stereocenters. The highest BCUT2D eigenvalue weighted by Crippen LogP contribution is 2.14. The van der Waals surface area contributed by atoms with Gasteiger partial charge in [-0.2, -0.15) is 5.26 Å². The highest BCUT2D eigenvalue weighted by molar-refractivity contribution is 5.89. The van der Waals surface area contributed by atoms with Gasteiger partial charge in [0.2, 0.25) is 0 Å². The fourth-order valence-corrected chi connectivity index (χ4v) is 1.98. The van der Waals surface area contributed by atoms with Crippen molar-refractivity contribution in [3.63, 3.8) is 0 Å². The number of hydrogen-bond donors (Lipinski definition) is 1. The third-order valence-corrected chi connectivity index (χ3v) is 3.15. The van der Waals surface area contributed by atoms with Crippen molar-refractivity contribution in [2.45, 2.75) is 12.6 Å². The van der Waals surface area contributed by atoms with Crippen LogP contribution in [0.25, 0.3) is 0 Å². The molecule has 4 nitrogen and oxygen atoms in total. The van der Waals surface area contributed by atoms with Crippen molar-refractivity contribution in [2.24, 2.45) is 0 Å². The molecule has 2 aromatic rings. The molecule has 0 radical (unpaired) electrons. The van der Waals surface area contributed by atoms with E-state index in [1.165, 1.54) is 7.11 Å². The maximum Gasteiger partial charge on any atom is 0.337 e. The molecule has 106 valence electrons. The molecule has 0 saturated heterocycles. The lowest BCUT2D eigenvalue weighted by Gasteiger charge is -2.12. The summed E-state index contributed by atoms with van der Waals surface area (Å²) in [7, 11) is 1.34. The van der Waals surface area contributed by atoms with E-state index < -0.39 is 6.04 Å². The minimum atomic E-state index is -0.420. The van der Waals surface area contributed by atoms with E-state index in [0.717, 1.165) is 11.1 Å². The van der Waals surface area contributed by atoms with Crippen molar-refractivity contribution in [1.82, 2.24) is 5.32 Å². The Kier molecular flexibility index (Phi) is 5.08. The van der Waals surface area contributed by atoms with Crippen molar-refractivity contribution < 1.29 is 9.53 Å². The van der Waals surface area contributed by atoms with Crippen LogP contribution < -0.4 is 5.32 Å². The average Bonchev–Trinajstić information content (AvgIpc) is 2.56. The van der Waals surface area contributed by atoms with Gasteiger partial charge in [-0.1, -0.05) is 42.5 Å². The van der Waals surface area contributed by atoms with E-state index in [1.807, 2.05) is 30.3 Å². The molecule has 0 aliphatic heterocycles. The number of nitrogens with zero attached hydrogens (tertiary/aromatic N) is 1. The van der Waals surface area contributed by atoms with E-state index in [2.05, 4.69) is 16.1 Å². The van der Waals surface area contributed by atoms with E-state index in [4.69, 9.17) is 0 Å². The van der Waals surface area contributed by atoms with Crippen LogP contribution in [0, 0.1) is 11.3 Å². The minimum absolute atomic E-state index is 0.382. The van der Waals surface area contributed by atoms with Gasteiger partial charge < -0.3 is 4.74 Å². The molecular weight excluding hydrogens is 264 g/mol. The number of rotatable bonds is 5. The topological polar surface area (TPSA) is 62.1 Å². The number of carbonyl (C=O) groups is 1. The summed E-state index contributed by atoms with van der Waals surface area (Å²) in [6, 6.07) is 18.5. The predicted molar refractivity (Wildman–Crippen MR) is 79.4 cm³/mol. The van der Waals surface area contributed by atoms with E-state index in [9.17, 15) is 10.1 Å². The summed E-state index contributed by atoms with van der Waals surface area (Å²) in [6.07, 6.45) is 0. The maximum absolute atomic E-state index is 11.4. The molecule has 0 spiro atoms. The Morgan fingerprint density at radius 3 is 2.43 bits per heavy atom. The molecule has 1 atom stereocenters. The summed E-state index contributed by atoms with van der Waals surface area (Å²) in [5, 5.41) is 12.5. The molecule has 0 bridgehead atoms. The second kappa shape index (κ2) is 7.22. The second-order valence-corrected chi connectivity index (χ2v) is 4.54. The summed E-state index contributed by atoms with van der Waals surface area (Å²) in [6.45, 7) is 0.609. The molecule has 0 saturated carbocycles. The molecule has 0 aromatic heterocycles. The number of carbonyl (C=O) groups excluding carboxylic acids is 1. The number of hydrogen-bond acceptors (Lipinski definition) is 4. The molecule has 1 N–H and O–H groups in total. The van der Waals surface area contributed by atoms with Gasteiger partial charge in [-0.25, -0.2) is 4.79 Å². The number of nitriles is 1. The van der Waals surface area contributed by atoms with Crippen LogP contribution >= 0.6 is 0 Å². The van der Waals surface area contributed by atoms with Gasteiger partial charge in [0.25, 0.3) is 0 Å². The summed E-state index contributed by atoms with van der Waals surface area (Å²) < 4.78 is 4.65. The average molecular weight is 280 g/mol. The molecular formula is C17H16N2O2. The van der Waals surface area contributed by atoms with Crippen LogP contribution in [-0.2, 0) is 11.3 Å². The normalized spacial score (nSPS) is 11.4. The zero-order valence-corrected chi connectivity index (χ0v) is 11.7. The van der Waals surface area contributed by atoms with Gasteiger partial charge in [-0.3, -0.25) is 5.32 Å². The van der Waals surface area contributed by atoms with Gasteiger partial charge in [-0.05, 0) is 23.3 Å². The SMILES string of the molecule is COC(=O)c1ccc(C(C#N)NCc2ccccc2)cc1. The molecule has 0 heterocycles. The summed E-state index contributed by atoms with van der Waals surface area (Å²) in [5.74, 6) is -0.382. The zero-order valence-electron chi connectivity index (χ0n) is 11.7. The van der Waals surface area contributed by atoms with E-state index in [1.54, 1.807) is 24.3 Å². The number of nitrogens with one attached hydrogen (secondary N) is 1. The third-order valence-electron chi connectivity index (χ3n) is 3.15. The lowest BCUT2D eigenvalue weighted by atomic mass is 10.1. The Balaban J connectivity index is 2.04. The molecule has 2 rings (SSSR count). The highest BCUT2D eigenvalue weighted by Gasteiger charge is 2.11. The lowest BCUT2D eigenvalue weighted by Crippen LogP contribution is -2.19. The van der Waals surface area contributed by atoms with Crippen molar-refractivity contribution >= 4 is 5.97 Å². The quantitative estimate of drug-likeness (QED) is 0.855. The minimum Gasteiger partial charge on any atom is -0.465 e. The maximum atomic E-state index is 11.4. The molecule has 0 aliphatic rings. The van der Waals surface area contributed by atoms with E-state index in [-0.39, 0.29) is 5.97 Å². The van der Waals surface area contributed by atoms with Crippen LogP contribution in [0.2, 0.25) is 0 Å². The van der Waals surface area contributed by atoms with Crippen molar-refractivity contribution in [2.75, 3.05) is 7.11 Å². The molecule has 2 aromatic carbocycles. The van der Waals surface area contributed by atoms with Crippen LogP contribution in [0.4, 0.5) is 0 Å². The number of esters is 1. The first kappa shape index (κ1) is 14.8.